The lowest BCUT2D eigenvalue weighted by Crippen LogP contribution is -2.37. The number of hydrogen-bond acceptors (Lipinski definition) is 3. The standard InChI is InChI=1S/C11H15N3O2/c1-2-14-9-5-3-4-7(9)6-8(11(14)16)10(15)13-12/h6H,2-5,12H2,1H3,(H,13,15). The molecule has 0 atom stereocenters. The van der Waals surface area contributed by atoms with Crippen LogP contribution in [0.4, 0.5) is 0 Å². The fourth-order valence-electron chi connectivity index (χ4n) is 2.29. The van der Waals surface area contributed by atoms with Gasteiger partial charge in [-0.2, -0.15) is 0 Å². The smallest absolute Gasteiger partial charge is 0.270 e. The van der Waals surface area contributed by atoms with Crippen LogP contribution in [0, 0.1) is 0 Å². The second-order valence-electron chi connectivity index (χ2n) is 3.91. The van der Waals surface area contributed by atoms with E-state index in [0.717, 1.165) is 30.5 Å². The number of fused-ring (bicyclic) bond motifs is 1. The molecular weight excluding hydrogens is 206 g/mol. The van der Waals surface area contributed by atoms with Gasteiger partial charge in [-0.15, -0.1) is 0 Å². The molecule has 0 unspecified atom stereocenters. The van der Waals surface area contributed by atoms with Crippen LogP contribution in [0.5, 0.6) is 0 Å². The normalized spacial score (nSPS) is 13.6. The van der Waals surface area contributed by atoms with Crippen LogP contribution in [0.1, 0.15) is 35.0 Å². The molecule has 5 heteroatoms. The van der Waals surface area contributed by atoms with Crippen molar-refractivity contribution in [3.63, 3.8) is 0 Å². The fraction of sp³-hybridized carbons (Fsp3) is 0.455. The lowest BCUT2D eigenvalue weighted by atomic mass is 10.1. The van der Waals surface area contributed by atoms with Crippen molar-refractivity contribution in [2.75, 3.05) is 0 Å². The summed E-state index contributed by atoms with van der Waals surface area (Å²) < 4.78 is 1.67. The monoisotopic (exact) mass is 221 g/mol. The molecule has 0 aliphatic heterocycles. The van der Waals surface area contributed by atoms with Crippen molar-refractivity contribution in [2.24, 2.45) is 5.84 Å². The Morgan fingerprint density at radius 3 is 2.94 bits per heavy atom. The SMILES string of the molecule is CCn1c2c(cc(C(=O)NN)c1=O)CCC2. The molecule has 0 spiro atoms. The van der Waals surface area contributed by atoms with Crippen LogP contribution < -0.4 is 16.8 Å². The zero-order chi connectivity index (χ0) is 11.7. The molecule has 1 aromatic rings. The summed E-state index contributed by atoms with van der Waals surface area (Å²) >= 11 is 0. The van der Waals surface area contributed by atoms with E-state index in [4.69, 9.17) is 5.84 Å². The van der Waals surface area contributed by atoms with Gasteiger partial charge in [0.15, 0.2) is 0 Å². The molecule has 5 nitrogen and oxygen atoms in total. The Labute approximate surface area is 93.2 Å². The maximum absolute atomic E-state index is 12.0. The lowest BCUT2D eigenvalue weighted by Gasteiger charge is -2.11. The molecule has 0 bridgehead atoms. The number of hydrazine groups is 1. The first kappa shape index (κ1) is 10.9. The highest BCUT2D eigenvalue weighted by atomic mass is 16.2. The van der Waals surface area contributed by atoms with Gasteiger partial charge in [-0.05, 0) is 37.8 Å². The van der Waals surface area contributed by atoms with Crippen LogP contribution in [0.25, 0.3) is 0 Å². The minimum absolute atomic E-state index is 0.144. The van der Waals surface area contributed by atoms with Crippen LogP contribution in [0.3, 0.4) is 0 Å². The molecule has 0 fully saturated rings. The Balaban J connectivity index is 2.65. The number of hydrogen-bond donors (Lipinski definition) is 2. The van der Waals surface area contributed by atoms with E-state index in [1.165, 1.54) is 0 Å². The van der Waals surface area contributed by atoms with Gasteiger partial charge in [0.2, 0.25) is 0 Å². The molecule has 0 saturated heterocycles. The molecule has 0 aromatic carbocycles. The van der Waals surface area contributed by atoms with Crippen LogP contribution in [0.15, 0.2) is 10.9 Å². The van der Waals surface area contributed by atoms with Gasteiger partial charge in [-0.1, -0.05) is 0 Å². The number of aryl methyl sites for hydroxylation is 1. The lowest BCUT2D eigenvalue weighted by molar-refractivity contribution is 0.0951. The van der Waals surface area contributed by atoms with Crippen molar-refractivity contribution in [3.8, 4) is 0 Å². The third-order valence-corrected chi connectivity index (χ3v) is 3.04. The van der Waals surface area contributed by atoms with Crippen LogP contribution in [-0.2, 0) is 19.4 Å². The molecule has 0 saturated carbocycles. The molecule has 86 valence electrons. The number of amides is 1. The topological polar surface area (TPSA) is 77.1 Å². The number of carbonyl (C=O) groups excluding carboxylic acids is 1. The molecule has 1 aliphatic rings. The molecule has 1 aromatic heterocycles. The van der Waals surface area contributed by atoms with Gasteiger partial charge in [0.1, 0.15) is 5.56 Å². The largest absolute Gasteiger partial charge is 0.312 e. The average Bonchev–Trinajstić information content (AvgIpc) is 2.75. The van der Waals surface area contributed by atoms with Crippen LogP contribution in [-0.4, -0.2) is 10.5 Å². The summed E-state index contributed by atoms with van der Waals surface area (Å²) in [6, 6.07) is 1.68. The number of nitrogens with zero attached hydrogens (tertiary/aromatic N) is 1. The molecule has 0 radical (unpaired) electrons. The average molecular weight is 221 g/mol. The zero-order valence-corrected chi connectivity index (χ0v) is 9.25. The molecule has 1 heterocycles. The fourth-order valence-corrected chi connectivity index (χ4v) is 2.29. The van der Waals surface area contributed by atoms with Crippen LogP contribution in [0.2, 0.25) is 0 Å². The van der Waals surface area contributed by atoms with E-state index in [1.54, 1.807) is 10.6 Å². The van der Waals surface area contributed by atoms with Crippen molar-refractivity contribution in [3.05, 3.63) is 33.2 Å². The number of nitrogens with two attached hydrogens (primary N) is 1. The van der Waals surface area contributed by atoms with Crippen molar-refractivity contribution < 1.29 is 4.79 Å². The Bertz CT molecular complexity index is 491. The van der Waals surface area contributed by atoms with E-state index in [2.05, 4.69) is 0 Å². The predicted octanol–water partition coefficient (Wildman–Crippen LogP) is -0.0396. The van der Waals surface area contributed by atoms with E-state index in [-0.39, 0.29) is 11.1 Å². The van der Waals surface area contributed by atoms with Gasteiger partial charge in [-0.25, -0.2) is 5.84 Å². The summed E-state index contributed by atoms with van der Waals surface area (Å²) in [7, 11) is 0. The predicted molar refractivity (Wildman–Crippen MR) is 60.1 cm³/mol. The summed E-state index contributed by atoms with van der Waals surface area (Å²) in [4.78, 5) is 23.5. The van der Waals surface area contributed by atoms with Gasteiger partial charge in [0, 0.05) is 12.2 Å². The first-order valence-corrected chi connectivity index (χ1v) is 5.45. The van der Waals surface area contributed by atoms with E-state index in [0.29, 0.717) is 6.54 Å². The third-order valence-electron chi connectivity index (χ3n) is 3.04. The molecule has 1 amide bonds. The van der Waals surface area contributed by atoms with Crippen molar-refractivity contribution in [2.45, 2.75) is 32.7 Å². The number of nitrogen functional groups attached to an aromatic ring is 1. The van der Waals surface area contributed by atoms with Gasteiger partial charge >= 0.3 is 0 Å². The van der Waals surface area contributed by atoms with Crippen molar-refractivity contribution in [1.29, 1.82) is 0 Å². The molecule has 2 rings (SSSR count). The first-order chi connectivity index (χ1) is 7.69. The second-order valence-corrected chi connectivity index (χ2v) is 3.91. The van der Waals surface area contributed by atoms with E-state index >= 15 is 0 Å². The van der Waals surface area contributed by atoms with Crippen LogP contribution >= 0.6 is 0 Å². The minimum atomic E-state index is -0.512. The highest BCUT2D eigenvalue weighted by molar-refractivity contribution is 5.93. The number of aromatic nitrogens is 1. The van der Waals surface area contributed by atoms with Gasteiger partial charge in [0.25, 0.3) is 11.5 Å². The number of rotatable bonds is 2. The van der Waals surface area contributed by atoms with Gasteiger partial charge in [-0.3, -0.25) is 15.0 Å². The van der Waals surface area contributed by atoms with E-state index in [9.17, 15) is 9.59 Å². The van der Waals surface area contributed by atoms with E-state index in [1.807, 2.05) is 12.3 Å². The number of pyridine rings is 1. The summed E-state index contributed by atoms with van der Waals surface area (Å²) in [5, 5.41) is 0. The molecule has 16 heavy (non-hydrogen) atoms. The first-order valence-electron chi connectivity index (χ1n) is 5.45. The second kappa shape index (κ2) is 4.09. The number of nitrogens with one attached hydrogen (secondary N) is 1. The Morgan fingerprint density at radius 1 is 1.56 bits per heavy atom. The van der Waals surface area contributed by atoms with Crippen molar-refractivity contribution >= 4 is 5.91 Å². The number of carbonyl (C=O) groups is 1. The minimum Gasteiger partial charge on any atom is -0.312 e. The molecule has 1 aliphatic carbocycles. The summed E-state index contributed by atoms with van der Waals surface area (Å²) in [6.45, 7) is 2.50. The molecule has 3 N–H and O–H groups in total. The summed E-state index contributed by atoms with van der Waals surface area (Å²) in [6.07, 6.45) is 2.89. The van der Waals surface area contributed by atoms with E-state index < -0.39 is 5.91 Å². The Kier molecular flexibility index (Phi) is 2.78. The summed E-state index contributed by atoms with van der Waals surface area (Å²) in [5.74, 6) is 4.55. The maximum Gasteiger partial charge on any atom is 0.270 e. The third kappa shape index (κ3) is 1.53. The highest BCUT2D eigenvalue weighted by Crippen LogP contribution is 2.21. The Morgan fingerprint density at radius 2 is 2.31 bits per heavy atom. The van der Waals surface area contributed by atoms with Gasteiger partial charge < -0.3 is 4.57 Å². The molecular formula is C11H15N3O2. The zero-order valence-electron chi connectivity index (χ0n) is 9.25. The summed E-state index contributed by atoms with van der Waals surface area (Å²) in [5.41, 5.74) is 4.08. The van der Waals surface area contributed by atoms with Crippen molar-refractivity contribution in [1.82, 2.24) is 9.99 Å². The Hall–Kier alpha value is -1.62. The highest BCUT2D eigenvalue weighted by Gasteiger charge is 2.20. The maximum atomic E-state index is 12.0. The van der Waals surface area contributed by atoms with Gasteiger partial charge in [0.05, 0.1) is 0 Å². The quantitative estimate of drug-likeness (QED) is 0.418.